The van der Waals surface area contributed by atoms with Gasteiger partial charge in [-0.2, -0.15) is 0 Å². The predicted molar refractivity (Wildman–Crippen MR) is 125 cm³/mol. The number of carbonyl (C=O) groups excluding carboxylic acids is 2. The molecule has 6 N–H and O–H groups in total. The Balaban J connectivity index is 2.23. The molecule has 0 saturated carbocycles. The number of hydrogen-bond donors (Lipinski definition) is 4. The van der Waals surface area contributed by atoms with Gasteiger partial charge in [0.1, 0.15) is 6.04 Å². The van der Waals surface area contributed by atoms with E-state index in [9.17, 15) is 9.59 Å². The molecule has 0 aromatic rings. The number of nitrogens with zero attached hydrogens (tertiary/aromatic N) is 1. The average molecular weight is 466 g/mol. The summed E-state index contributed by atoms with van der Waals surface area (Å²) in [6, 6.07) is -1.31. The molecule has 2 rings (SSSR count). The Hall–Kier alpha value is -2.59. The summed E-state index contributed by atoms with van der Waals surface area (Å²) in [6.45, 7) is 11.1. The number of esters is 2. The third-order valence-electron chi connectivity index (χ3n) is 5.99. The first kappa shape index (κ1) is 26.7. The van der Waals surface area contributed by atoms with Crippen LogP contribution in [0.1, 0.15) is 60.8 Å². The van der Waals surface area contributed by atoms with Gasteiger partial charge in [-0.15, -0.1) is 0 Å². The Bertz CT molecular complexity index is 792. The smallest absolute Gasteiger partial charge is 0.336 e. The molecule has 1 aliphatic heterocycles. The summed E-state index contributed by atoms with van der Waals surface area (Å²) in [5, 5.41) is 11.4. The molecule has 0 aromatic carbocycles. The fourth-order valence-corrected chi connectivity index (χ4v) is 3.99. The Kier molecular flexibility index (Phi) is 9.30. The van der Waals surface area contributed by atoms with Crippen LogP contribution in [0.5, 0.6) is 0 Å². The summed E-state index contributed by atoms with van der Waals surface area (Å²) in [7, 11) is 0. The lowest BCUT2D eigenvalue weighted by Gasteiger charge is -2.46. The van der Waals surface area contributed by atoms with Crippen LogP contribution in [0.15, 0.2) is 23.5 Å². The first-order valence-electron chi connectivity index (χ1n) is 11.6. The highest BCUT2D eigenvalue weighted by Crippen LogP contribution is 2.31. The zero-order chi connectivity index (χ0) is 24.9. The monoisotopic (exact) mass is 465 g/mol. The van der Waals surface area contributed by atoms with Crippen molar-refractivity contribution in [2.24, 2.45) is 17.4 Å². The van der Waals surface area contributed by atoms with Crippen LogP contribution in [0.4, 0.5) is 0 Å². The van der Waals surface area contributed by atoms with Gasteiger partial charge in [0.05, 0.1) is 24.3 Å². The van der Waals surface area contributed by atoms with E-state index >= 15 is 0 Å². The summed E-state index contributed by atoms with van der Waals surface area (Å²) >= 11 is 0. The molecule has 1 heterocycles. The zero-order valence-electron chi connectivity index (χ0n) is 20.5. The molecular formula is C23H39N5O5. The van der Waals surface area contributed by atoms with Gasteiger partial charge in [0.2, 0.25) is 6.29 Å². The van der Waals surface area contributed by atoms with Crippen LogP contribution in [-0.2, 0) is 23.8 Å². The molecule has 0 bridgehead atoms. The molecule has 10 nitrogen and oxygen atoms in total. The van der Waals surface area contributed by atoms with Crippen molar-refractivity contribution in [3.63, 3.8) is 0 Å². The minimum absolute atomic E-state index is 0.0125. The molecule has 1 aliphatic carbocycles. The highest BCUT2D eigenvalue weighted by atomic mass is 16.7. The molecule has 0 spiro atoms. The molecule has 0 saturated heterocycles. The van der Waals surface area contributed by atoms with E-state index in [0.29, 0.717) is 5.57 Å². The van der Waals surface area contributed by atoms with E-state index in [2.05, 4.69) is 5.32 Å². The predicted octanol–water partition coefficient (Wildman–Crippen LogP) is 1.70. The Labute approximate surface area is 196 Å². The third-order valence-corrected chi connectivity index (χ3v) is 5.99. The lowest BCUT2D eigenvalue weighted by molar-refractivity contribution is -0.183. The van der Waals surface area contributed by atoms with Gasteiger partial charge in [-0.1, -0.05) is 27.7 Å². The molecule has 186 valence electrons. The molecule has 0 fully saturated rings. The maximum atomic E-state index is 13.0. The number of carbonyl (C=O) groups is 2. The van der Waals surface area contributed by atoms with Crippen LogP contribution < -0.4 is 16.8 Å². The molecule has 5 atom stereocenters. The summed E-state index contributed by atoms with van der Waals surface area (Å²) in [6.07, 6.45) is 3.94. The molecule has 2 aliphatic rings. The number of nitrogens with one attached hydrogen (secondary N) is 2. The second-order valence-electron chi connectivity index (χ2n) is 8.96. The molecule has 2 unspecified atom stereocenters. The van der Waals surface area contributed by atoms with E-state index in [1.807, 2.05) is 20.8 Å². The van der Waals surface area contributed by atoms with Crippen molar-refractivity contribution in [1.82, 2.24) is 10.2 Å². The standard InChI is InChI=1S/C23H39N5O5/c1-7-16(8-2)33-18-10-15(9-17-20(18)27-13(5)11-28(17)23(25)26)21(29)31-14(6)32-22(30)19(24)12(3)4/h10-12,14,16-20,27H,7-9,24H2,1-6H3,(H3,25,26)/t14?,17-,18+,19?,20+/m0/s1. The van der Waals surface area contributed by atoms with Crippen LogP contribution in [0.2, 0.25) is 0 Å². The number of fused-ring (bicyclic) bond motifs is 1. The van der Waals surface area contributed by atoms with E-state index in [1.54, 1.807) is 31.0 Å². The summed E-state index contributed by atoms with van der Waals surface area (Å²) in [5.74, 6) is -1.46. The van der Waals surface area contributed by atoms with Crippen molar-refractivity contribution in [1.29, 1.82) is 5.41 Å². The SMILES string of the molecule is CCC(CC)O[C@@H]1C=C(C(=O)OC(C)OC(=O)C(N)C(C)C)C[C@H]2[C@H]1NC(C)=CN2C(=N)N. The molecule has 33 heavy (non-hydrogen) atoms. The van der Waals surface area contributed by atoms with Crippen molar-refractivity contribution in [2.45, 2.75) is 97.4 Å². The van der Waals surface area contributed by atoms with Crippen molar-refractivity contribution in [3.8, 4) is 0 Å². The summed E-state index contributed by atoms with van der Waals surface area (Å²) in [5.41, 5.74) is 12.9. The quantitative estimate of drug-likeness (QED) is 0.172. The second-order valence-corrected chi connectivity index (χ2v) is 8.96. The van der Waals surface area contributed by atoms with Gasteiger partial charge in [0, 0.05) is 30.8 Å². The fraction of sp³-hybridized carbons (Fsp3) is 0.696. The lowest BCUT2D eigenvalue weighted by Crippen LogP contribution is -2.61. The molecule has 0 radical (unpaired) electrons. The highest BCUT2D eigenvalue weighted by molar-refractivity contribution is 5.89. The largest absolute Gasteiger partial charge is 0.424 e. The van der Waals surface area contributed by atoms with Crippen LogP contribution in [0.25, 0.3) is 0 Å². The van der Waals surface area contributed by atoms with E-state index in [-0.39, 0.29) is 36.5 Å². The van der Waals surface area contributed by atoms with Gasteiger partial charge >= 0.3 is 11.9 Å². The van der Waals surface area contributed by atoms with E-state index < -0.39 is 30.4 Å². The van der Waals surface area contributed by atoms with Crippen LogP contribution in [-0.4, -0.2) is 59.4 Å². The van der Waals surface area contributed by atoms with Crippen molar-refractivity contribution >= 4 is 17.9 Å². The third kappa shape index (κ3) is 6.70. The average Bonchev–Trinajstić information content (AvgIpc) is 2.75. The number of ether oxygens (including phenoxy) is 3. The van der Waals surface area contributed by atoms with Gasteiger partial charge in [-0.3, -0.25) is 10.2 Å². The maximum absolute atomic E-state index is 13.0. The van der Waals surface area contributed by atoms with Crippen LogP contribution in [0, 0.1) is 11.3 Å². The van der Waals surface area contributed by atoms with E-state index in [0.717, 1.165) is 18.5 Å². The Morgan fingerprint density at radius 2 is 1.88 bits per heavy atom. The van der Waals surface area contributed by atoms with Crippen molar-refractivity contribution in [3.05, 3.63) is 23.5 Å². The fourth-order valence-electron chi connectivity index (χ4n) is 3.99. The number of nitrogens with two attached hydrogens (primary N) is 2. The number of hydrogen-bond acceptors (Lipinski definition) is 8. The second kappa shape index (κ2) is 11.5. The minimum atomic E-state index is -1.10. The van der Waals surface area contributed by atoms with Crippen molar-refractivity contribution < 1.29 is 23.8 Å². The highest BCUT2D eigenvalue weighted by Gasteiger charge is 2.42. The van der Waals surface area contributed by atoms with E-state index in [1.165, 1.54) is 6.92 Å². The zero-order valence-corrected chi connectivity index (χ0v) is 20.5. The van der Waals surface area contributed by atoms with Crippen molar-refractivity contribution in [2.75, 3.05) is 0 Å². The minimum Gasteiger partial charge on any atom is -0.424 e. The van der Waals surface area contributed by atoms with Gasteiger partial charge in [-0.25, -0.2) is 4.79 Å². The molecular weight excluding hydrogens is 426 g/mol. The molecule has 10 heteroatoms. The number of allylic oxidation sites excluding steroid dienone is 1. The molecule has 0 amide bonds. The Morgan fingerprint density at radius 3 is 2.42 bits per heavy atom. The first-order chi connectivity index (χ1) is 15.5. The maximum Gasteiger partial charge on any atom is 0.336 e. The van der Waals surface area contributed by atoms with Gasteiger partial charge < -0.3 is 35.9 Å². The molecule has 0 aromatic heterocycles. The normalized spacial score (nSPS) is 24.3. The number of guanidine groups is 1. The van der Waals surface area contributed by atoms with Gasteiger partial charge in [0.15, 0.2) is 5.96 Å². The summed E-state index contributed by atoms with van der Waals surface area (Å²) in [4.78, 5) is 26.7. The van der Waals surface area contributed by atoms with Crippen LogP contribution in [0.3, 0.4) is 0 Å². The Morgan fingerprint density at radius 1 is 1.24 bits per heavy atom. The summed E-state index contributed by atoms with van der Waals surface area (Å²) < 4.78 is 16.9. The van der Waals surface area contributed by atoms with Gasteiger partial charge in [0.25, 0.3) is 0 Å². The lowest BCUT2D eigenvalue weighted by atomic mass is 9.85. The number of rotatable bonds is 9. The van der Waals surface area contributed by atoms with E-state index in [4.69, 9.17) is 31.1 Å². The topological polar surface area (TPSA) is 153 Å². The van der Waals surface area contributed by atoms with Crippen LogP contribution >= 0.6 is 0 Å². The van der Waals surface area contributed by atoms with Gasteiger partial charge in [-0.05, 0) is 31.8 Å². The first-order valence-corrected chi connectivity index (χ1v) is 11.6.